The Bertz CT molecular complexity index is 1110. The Morgan fingerprint density at radius 1 is 0.688 bits per heavy atom. The summed E-state index contributed by atoms with van der Waals surface area (Å²) in [5.41, 5.74) is 3.54. The largest absolute Gasteiger partial charge is 0.363 e. The van der Waals surface area contributed by atoms with Crippen LogP contribution < -0.4 is 20.4 Å². The lowest BCUT2D eigenvalue weighted by Gasteiger charge is -2.15. The summed E-state index contributed by atoms with van der Waals surface area (Å²) in [5.74, 6) is 3.14. The fraction of sp³-hybridized carbons (Fsp3) is 0.261. The number of rotatable bonds is 8. The first kappa shape index (κ1) is 21.2. The summed E-state index contributed by atoms with van der Waals surface area (Å²) in [4.78, 5) is 26.5. The zero-order valence-electron chi connectivity index (χ0n) is 18.7. The van der Waals surface area contributed by atoms with Gasteiger partial charge in [-0.3, -0.25) is 0 Å². The average molecular weight is 430 g/mol. The molecule has 0 radical (unpaired) electrons. The van der Waals surface area contributed by atoms with Crippen molar-refractivity contribution in [2.24, 2.45) is 0 Å². The number of hydrogen-bond acceptors (Lipinski definition) is 9. The van der Waals surface area contributed by atoms with Gasteiger partial charge in [-0.15, -0.1) is 0 Å². The molecule has 4 heterocycles. The van der Waals surface area contributed by atoms with Crippen molar-refractivity contribution >= 4 is 34.4 Å². The van der Waals surface area contributed by atoms with Gasteiger partial charge in [0.05, 0.1) is 0 Å². The first-order valence-electron chi connectivity index (χ1n) is 10.3. The van der Waals surface area contributed by atoms with Gasteiger partial charge >= 0.3 is 0 Å². The van der Waals surface area contributed by atoms with Gasteiger partial charge in [0.15, 0.2) is 17.3 Å². The minimum Gasteiger partial charge on any atom is -0.363 e. The van der Waals surface area contributed by atoms with E-state index >= 15 is 0 Å². The fourth-order valence-corrected chi connectivity index (χ4v) is 3.14. The second-order valence-electron chi connectivity index (χ2n) is 7.81. The van der Waals surface area contributed by atoms with E-state index in [0.717, 1.165) is 28.3 Å². The van der Waals surface area contributed by atoms with Crippen LogP contribution in [0.25, 0.3) is 11.2 Å². The zero-order chi connectivity index (χ0) is 22.5. The molecule has 0 fully saturated rings. The lowest BCUT2D eigenvalue weighted by atomic mass is 10.2. The lowest BCUT2D eigenvalue weighted by molar-refractivity contribution is 1.02. The average Bonchev–Trinajstić information content (AvgIpc) is 2.81. The van der Waals surface area contributed by atoms with Crippen LogP contribution in [0.1, 0.15) is 11.1 Å². The van der Waals surface area contributed by atoms with E-state index in [0.29, 0.717) is 30.4 Å². The van der Waals surface area contributed by atoms with E-state index in [2.05, 4.69) is 31.7 Å². The van der Waals surface area contributed by atoms with Gasteiger partial charge in [0.1, 0.15) is 17.2 Å². The molecule has 0 aromatic carbocycles. The lowest BCUT2D eigenvalue weighted by Crippen LogP contribution is -2.13. The summed E-state index contributed by atoms with van der Waals surface area (Å²) in [7, 11) is 7.90. The molecule has 4 aromatic heterocycles. The Hall–Kier alpha value is -4.01. The Kier molecular flexibility index (Phi) is 6.25. The van der Waals surface area contributed by atoms with Crippen LogP contribution in [0.3, 0.4) is 0 Å². The maximum absolute atomic E-state index is 4.76. The Balaban J connectivity index is 1.57. The summed E-state index contributed by atoms with van der Waals surface area (Å²) in [6, 6.07) is 11.8. The molecule has 0 saturated heterocycles. The Morgan fingerprint density at radius 2 is 1.25 bits per heavy atom. The highest BCUT2D eigenvalue weighted by molar-refractivity contribution is 5.77. The predicted molar refractivity (Wildman–Crippen MR) is 129 cm³/mol. The molecule has 4 aromatic rings. The van der Waals surface area contributed by atoms with E-state index in [4.69, 9.17) is 9.97 Å². The van der Waals surface area contributed by atoms with Gasteiger partial charge in [0.2, 0.25) is 0 Å². The molecule has 32 heavy (non-hydrogen) atoms. The quantitative estimate of drug-likeness (QED) is 0.438. The number of anilines is 4. The van der Waals surface area contributed by atoms with Crippen molar-refractivity contribution < 1.29 is 0 Å². The standard InChI is InChI=1S/C23H27N9/c1-31(2)19-12-16(7-10-24-19)14-27-22-23(30-21-18(29-22)6-5-9-26-21)28-15-17-8-11-25-20(13-17)32(3)4/h5-13H,14-15H2,1-4H3,(H,27,29)(H,26,28,30). The van der Waals surface area contributed by atoms with Crippen molar-refractivity contribution in [1.29, 1.82) is 0 Å². The molecule has 0 bridgehead atoms. The molecule has 0 atom stereocenters. The van der Waals surface area contributed by atoms with Crippen molar-refractivity contribution in [3.63, 3.8) is 0 Å². The number of pyridine rings is 3. The molecule has 0 aliphatic rings. The number of nitrogens with one attached hydrogen (secondary N) is 2. The van der Waals surface area contributed by atoms with E-state index in [1.165, 1.54) is 0 Å². The van der Waals surface area contributed by atoms with Crippen LogP contribution in [0.5, 0.6) is 0 Å². The topological polar surface area (TPSA) is 95.0 Å². The number of nitrogens with zero attached hydrogens (tertiary/aromatic N) is 7. The van der Waals surface area contributed by atoms with Crippen molar-refractivity contribution in [3.8, 4) is 0 Å². The molecule has 0 saturated carbocycles. The van der Waals surface area contributed by atoms with Crippen LogP contribution in [0.15, 0.2) is 55.0 Å². The summed E-state index contributed by atoms with van der Waals surface area (Å²) in [5, 5.41) is 6.83. The van der Waals surface area contributed by atoms with Gasteiger partial charge in [0.25, 0.3) is 0 Å². The molecule has 0 amide bonds. The van der Waals surface area contributed by atoms with Crippen molar-refractivity contribution in [3.05, 3.63) is 66.1 Å². The molecule has 0 unspecified atom stereocenters. The minimum atomic E-state index is 0.588. The second kappa shape index (κ2) is 9.42. The number of fused-ring (bicyclic) bond motifs is 1. The monoisotopic (exact) mass is 429 g/mol. The SMILES string of the molecule is CN(C)c1cc(CNc2nc3cccnc3nc2NCc2ccnc(N(C)C)c2)ccn1. The molecular weight excluding hydrogens is 402 g/mol. The van der Waals surface area contributed by atoms with Crippen molar-refractivity contribution in [1.82, 2.24) is 24.9 Å². The fourth-order valence-electron chi connectivity index (χ4n) is 3.14. The first-order valence-corrected chi connectivity index (χ1v) is 10.3. The number of hydrogen-bond donors (Lipinski definition) is 2. The van der Waals surface area contributed by atoms with Gasteiger partial charge in [-0.25, -0.2) is 24.9 Å². The molecule has 9 heteroatoms. The van der Waals surface area contributed by atoms with Gasteiger partial charge in [0, 0.05) is 59.9 Å². The predicted octanol–water partition coefficient (Wildman–Crippen LogP) is 3.17. The molecule has 2 N–H and O–H groups in total. The normalized spacial score (nSPS) is 10.8. The highest BCUT2D eigenvalue weighted by atomic mass is 15.1. The van der Waals surface area contributed by atoms with E-state index in [1.54, 1.807) is 6.20 Å². The maximum Gasteiger partial charge on any atom is 0.180 e. The highest BCUT2D eigenvalue weighted by Gasteiger charge is 2.11. The van der Waals surface area contributed by atoms with Gasteiger partial charge in [-0.1, -0.05) is 0 Å². The Morgan fingerprint density at radius 3 is 1.81 bits per heavy atom. The molecule has 0 spiro atoms. The molecule has 9 nitrogen and oxygen atoms in total. The zero-order valence-corrected chi connectivity index (χ0v) is 18.7. The number of aromatic nitrogens is 5. The first-order chi connectivity index (χ1) is 15.5. The Labute approximate surface area is 187 Å². The minimum absolute atomic E-state index is 0.588. The third-order valence-electron chi connectivity index (χ3n) is 4.90. The second-order valence-corrected chi connectivity index (χ2v) is 7.81. The van der Waals surface area contributed by atoms with Gasteiger partial charge in [-0.05, 0) is 47.5 Å². The third-order valence-corrected chi connectivity index (χ3v) is 4.90. The summed E-state index contributed by atoms with van der Waals surface area (Å²) >= 11 is 0. The van der Waals surface area contributed by atoms with Crippen LogP contribution in [0.4, 0.5) is 23.3 Å². The van der Waals surface area contributed by atoms with E-state index in [9.17, 15) is 0 Å². The van der Waals surface area contributed by atoms with E-state index in [1.807, 2.05) is 80.7 Å². The molecule has 164 valence electrons. The van der Waals surface area contributed by atoms with Crippen LogP contribution in [-0.2, 0) is 13.1 Å². The molecule has 0 aliphatic heterocycles. The molecule has 0 aliphatic carbocycles. The van der Waals surface area contributed by atoms with Crippen LogP contribution >= 0.6 is 0 Å². The molecule has 4 rings (SSSR count). The smallest absolute Gasteiger partial charge is 0.180 e. The van der Waals surface area contributed by atoms with Gasteiger partial charge in [-0.2, -0.15) is 0 Å². The van der Waals surface area contributed by atoms with Crippen LogP contribution in [-0.4, -0.2) is 53.1 Å². The third kappa shape index (κ3) is 5.00. The van der Waals surface area contributed by atoms with Crippen molar-refractivity contribution in [2.75, 3.05) is 48.6 Å². The highest BCUT2D eigenvalue weighted by Crippen LogP contribution is 2.22. The summed E-state index contributed by atoms with van der Waals surface area (Å²) in [6.07, 6.45) is 5.35. The van der Waals surface area contributed by atoms with Gasteiger partial charge < -0.3 is 20.4 Å². The summed E-state index contributed by atoms with van der Waals surface area (Å²) < 4.78 is 0. The van der Waals surface area contributed by atoms with E-state index < -0.39 is 0 Å². The van der Waals surface area contributed by atoms with Crippen molar-refractivity contribution in [2.45, 2.75) is 13.1 Å². The maximum atomic E-state index is 4.76. The van der Waals surface area contributed by atoms with Crippen LogP contribution in [0.2, 0.25) is 0 Å². The van der Waals surface area contributed by atoms with E-state index in [-0.39, 0.29) is 0 Å². The van der Waals surface area contributed by atoms with Crippen LogP contribution in [0, 0.1) is 0 Å². The summed E-state index contributed by atoms with van der Waals surface area (Å²) in [6.45, 7) is 1.18. The molecular formula is C23H27N9.